The zero-order valence-corrected chi connectivity index (χ0v) is 11.0. The zero-order valence-electron chi connectivity index (χ0n) is 10.2. The lowest BCUT2D eigenvalue weighted by Crippen LogP contribution is -2.01. The van der Waals surface area contributed by atoms with E-state index in [4.69, 9.17) is 16.3 Å². The third-order valence-corrected chi connectivity index (χ3v) is 2.97. The van der Waals surface area contributed by atoms with Crippen molar-refractivity contribution in [3.05, 3.63) is 47.5 Å². The fourth-order valence-electron chi connectivity index (χ4n) is 1.96. The largest absolute Gasteiger partial charge is 0.479 e. The first kappa shape index (κ1) is 11.9. The van der Waals surface area contributed by atoms with Crippen molar-refractivity contribution in [3.8, 4) is 5.88 Å². The Labute approximate surface area is 114 Å². The van der Waals surface area contributed by atoms with Crippen LogP contribution in [-0.2, 0) is 6.54 Å². The summed E-state index contributed by atoms with van der Waals surface area (Å²) in [6.07, 6.45) is 1.71. The maximum Gasteiger partial charge on any atom is 0.244 e. The van der Waals surface area contributed by atoms with E-state index in [-0.39, 0.29) is 5.28 Å². The molecular formula is C13H11ClN4O. The van der Waals surface area contributed by atoms with Crippen molar-refractivity contribution in [2.45, 2.75) is 6.54 Å². The summed E-state index contributed by atoms with van der Waals surface area (Å²) in [6, 6.07) is 10.1. The van der Waals surface area contributed by atoms with Crippen LogP contribution in [0.3, 0.4) is 0 Å². The first-order valence-electron chi connectivity index (χ1n) is 5.74. The minimum absolute atomic E-state index is 0.134. The normalized spacial score (nSPS) is 10.8. The van der Waals surface area contributed by atoms with E-state index in [0.29, 0.717) is 18.1 Å². The Morgan fingerprint density at radius 1 is 1.21 bits per heavy atom. The summed E-state index contributed by atoms with van der Waals surface area (Å²) in [5.74, 6) is 0.434. The fourth-order valence-corrected chi connectivity index (χ4v) is 2.12. The molecule has 19 heavy (non-hydrogen) atoms. The third kappa shape index (κ3) is 2.24. The molecule has 3 aromatic rings. The monoisotopic (exact) mass is 274 g/mol. The van der Waals surface area contributed by atoms with Gasteiger partial charge in [-0.1, -0.05) is 30.3 Å². The van der Waals surface area contributed by atoms with E-state index in [1.165, 1.54) is 5.56 Å². The first-order chi connectivity index (χ1) is 9.28. The minimum atomic E-state index is 0.134. The number of hydrogen-bond donors (Lipinski definition) is 0. The molecule has 0 N–H and O–H groups in total. The average Bonchev–Trinajstić information content (AvgIpc) is 2.82. The molecule has 3 rings (SSSR count). The Hall–Kier alpha value is -2.14. The Balaban J connectivity index is 2.10. The van der Waals surface area contributed by atoms with Crippen molar-refractivity contribution >= 4 is 22.8 Å². The van der Waals surface area contributed by atoms with Gasteiger partial charge in [-0.15, -0.1) is 0 Å². The van der Waals surface area contributed by atoms with Crippen molar-refractivity contribution in [1.29, 1.82) is 0 Å². The molecule has 0 bridgehead atoms. The van der Waals surface area contributed by atoms with Crippen LogP contribution in [0.4, 0.5) is 0 Å². The zero-order chi connectivity index (χ0) is 13.2. The van der Waals surface area contributed by atoms with Crippen molar-refractivity contribution in [2.75, 3.05) is 7.11 Å². The van der Waals surface area contributed by atoms with Crippen LogP contribution < -0.4 is 4.74 Å². The molecule has 0 atom stereocenters. The summed E-state index contributed by atoms with van der Waals surface area (Å²) in [4.78, 5) is 12.4. The molecule has 0 aliphatic rings. The molecule has 0 unspecified atom stereocenters. The summed E-state index contributed by atoms with van der Waals surface area (Å²) >= 11 is 5.82. The number of nitrogens with zero attached hydrogens (tertiary/aromatic N) is 4. The number of imidazole rings is 1. The second-order valence-electron chi connectivity index (χ2n) is 4.03. The molecule has 5 nitrogen and oxygen atoms in total. The Morgan fingerprint density at radius 3 is 2.74 bits per heavy atom. The van der Waals surface area contributed by atoms with Gasteiger partial charge >= 0.3 is 0 Å². The van der Waals surface area contributed by atoms with Crippen LogP contribution in [0.25, 0.3) is 11.2 Å². The van der Waals surface area contributed by atoms with Crippen LogP contribution in [0.15, 0.2) is 36.7 Å². The van der Waals surface area contributed by atoms with Crippen molar-refractivity contribution in [3.63, 3.8) is 0 Å². The molecule has 2 heterocycles. The lowest BCUT2D eigenvalue weighted by Gasteiger charge is -2.07. The Kier molecular flexibility index (Phi) is 3.05. The average molecular weight is 275 g/mol. The molecule has 0 aliphatic heterocycles. The van der Waals surface area contributed by atoms with Gasteiger partial charge in [0.2, 0.25) is 11.2 Å². The highest BCUT2D eigenvalue weighted by Gasteiger charge is 2.13. The number of fused-ring (bicyclic) bond motifs is 1. The molecule has 0 spiro atoms. The van der Waals surface area contributed by atoms with Crippen LogP contribution in [0, 0.1) is 0 Å². The van der Waals surface area contributed by atoms with Crippen molar-refractivity contribution < 1.29 is 4.74 Å². The van der Waals surface area contributed by atoms with Gasteiger partial charge in [0, 0.05) is 6.54 Å². The molecule has 0 saturated carbocycles. The number of methoxy groups -OCH3 is 1. The van der Waals surface area contributed by atoms with E-state index in [1.54, 1.807) is 13.4 Å². The Morgan fingerprint density at radius 2 is 2.00 bits per heavy atom. The summed E-state index contributed by atoms with van der Waals surface area (Å²) in [7, 11) is 1.55. The van der Waals surface area contributed by atoms with E-state index >= 15 is 0 Å². The first-order valence-corrected chi connectivity index (χ1v) is 6.12. The van der Waals surface area contributed by atoms with E-state index in [0.717, 1.165) is 5.52 Å². The van der Waals surface area contributed by atoms with Gasteiger partial charge in [-0.3, -0.25) is 0 Å². The highest BCUT2D eigenvalue weighted by atomic mass is 35.5. The predicted octanol–water partition coefficient (Wildman–Crippen LogP) is 2.54. The van der Waals surface area contributed by atoms with E-state index < -0.39 is 0 Å². The molecule has 6 heteroatoms. The van der Waals surface area contributed by atoms with Crippen LogP contribution >= 0.6 is 11.6 Å². The molecule has 96 valence electrons. The number of aromatic nitrogens is 4. The quantitative estimate of drug-likeness (QED) is 0.689. The van der Waals surface area contributed by atoms with Gasteiger partial charge in [-0.05, 0) is 17.2 Å². The topological polar surface area (TPSA) is 52.8 Å². The number of benzene rings is 1. The van der Waals surface area contributed by atoms with Gasteiger partial charge in [0.05, 0.1) is 13.4 Å². The Bertz CT molecular complexity index is 711. The molecule has 0 amide bonds. The van der Waals surface area contributed by atoms with Gasteiger partial charge < -0.3 is 9.30 Å². The summed E-state index contributed by atoms with van der Waals surface area (Å²) in [5, 5.41) is 0.134. The number of hydrogen-bond acceptors (Lipinski definition) is 4. The lowest BCUT2D eigenvalue weighted by molar-refractivity contribution is 0.400. The third-order valence-electron chi connectivity index (χ3n) is 2.80. The standard InChI is InChI=1S/C13H11ClN4O/c1-19-12-10-11(16-13(14)17-12)15-8-18(10)7-9-5-3-2-4-6-9/h2-6,8H,7H2,1H3. The fraction of sp³-hybridized carbons (Fsp3) is 0.154. The molecule has 0 saturated heterocycles. The van der Waals surface area contributed by atoms with Crippen molar-refractivity contribution in [2.24, 2.45) is 0 Å². The highest BCUT2D eigenvalue weighted by Crippen LogP contribution is 2.23. The summed E-state index contributed by atoms with van der Waals surface area (Å²) < 4.78 is 7.19. The van der Waals surface area contributed by atoms with Gasteiger partial charge in [0.25, 0.3) is 0 Å². The predicted molar refractivity (Wildman–Crippen MR) is 72.4 cm³/mol. The van der Waals surface area contributed by atoms with E-state index in [2.05, 4.69) is 27.1 Å². The van der Waals surface area contributed by atoms with Gasteiger partial charge in [0.1, 0.15) is 0 Å². The minimum Gasteiger partial charge on any atom is -0.479 e. The van der Waals surface area contributed by atoms with Crippen molar-refractivity contribution in [1.82, 2.24) is 19.5 Å². The number of halogens is 1. The molecule has 0 radical (unpaired) electrons. The smallest absolute Gasteiger partial charge is 0.244 e. The molecule has 1 aromatic carbocycles. The van der Waals surface area contributed by atoms with Gasteiger partial charge in [-0.2, -0.15) is 9.97 Å². The van der Waals surface area contributed by atoms with Crippen LogP contribution in [0.1, 0.15) is 5.56 Å². The van der Waals surface area contributed by atoms with Gasteiger partial charge in [0.15, 0.2) is 11.2 Å². The highest BCUT2D eigenvalue weighted by molar-refractivity contribution is 6.28. The molecule has 0 fully saturated rings. The maximum absolute atomic E-state index is 5.82. The number of ether oxygens (including phenoxy) is 1. The molecule has 0 aliphatic carbocycles. The lowest BCUT2D eigenvalue weighted by atomic mass is 10.2. The molecule has 2 aromatic heterocycles. The van der Waals surface area contributed by atoms with Gasteiger partial charge in [-0.25, -0.2) is 4.98 Å². The number of rotatable bonds is 3. The maximum atomic E-state index is 5.82. The van der Waals surface area contributed by atoms with Crippen LogP contribution in [-0.4, -0.2) is 26.6 Å². The summed E-state index contributed by atoms with van der Waals surface area (Å²) in [5.41, 5.74) is 2.45. The SMILES string of the molecule is COc1nc(Cl)nc2ncn(Cc3ccccc3)c12. The van der Waals surface area contributed by atoms with Crippen LogP contribution in [0.5, 0.6) is 5.88 Å². The second-order valence-corrected chi connectivity index (χ2v) is 4.37. The summed E-state index contributed by atoms with van der Waals surface area (Å²) in [6.45, 7) is 0.679. The second kappa shape index (κ2) is 4.85. The molecular weight excluding hydrogens is 264 g/mol. The van der Waals surface area contributed by atoms with E-state index in [1.807, 2.05) is 22.8 Å². The van der Waals surface area contributed by atoms with E-state index in [9.17, 15) is 0 Å². The van der Waals surface area contributed by atoms with Crippen LogP contribution in [0.2, 0.25) is 5.28 Å².